The van der Waals surface area contributed by atoms with Gasteiger partial charge in [0.1, 0.15) is 0 Å². The van der Waals surface area contributed by atoms with Crippen molar-refractivity contribution in [3.8, 4) is 0 Å². The van der Waals surface area contributed by atoms with Gasteiger partial charge in [0.25, 0.3) is 5.97 Å². The minimum atomic E-state index is -4.69. The van der Waals surface area contributed by atoms with E-state index in [0.717, 1.165) is 6.92 Å². The number of carboxylic acid groups (broad SMARTS) is 1. The summed E-state index contributed by atoms with van der Waals surface area (Å²) in [5, 5.41) is 7.42. The van der Waals surface area contributed by atoms with Crippen LogP contribution in [0.2, 0.25) is 0 Å². The van der Waals surface area contributed by atoms with Crippen molar-refractivity contribution in [2.75, 3.05) is 0 Å². The van der Waals surface area contributed by atoms with Crippen LogP contribution in [0, 0.1) is 10.2 Å². The maximum Gasteiger partial charge on any atom is 0.309 e. The first-order chi connectivity index (χ1) is 5.46. The van der Waals surface area contributed by atoms with Crippen LogP contribution in [-0.2, 0) is 4.79 Å². The molecule has 0 aliphatic rings. The van der Waals surface area contributed by atoms with Gasteiger partial charge in [-0.15, -0.1) is 0 Å². The number of carbonyl (C=O) groups excluding carboxylic acids is 1. The van der Waals surface area contributed by atoms with Gasteiger partial charge in [-0.05, 0) is 0 Å². The van der Waals surface area contributed by atoms with Gasteiger partial charge in [-0.25, -0.2) is 4.79 Å². The Morgan fingerprint density at radius 1 is 1.23 bits per heavy atom. The minimum absolute atomic E-state index is 0.833. The summed E-state index contributed by atoms with van der Waals surface area (Å²) in [5.74, 6) is -0.833. The average molecular weight is 221 g/mol. The first-order valence-electron chi connectivity index (χ1n) is 2.34. The van der Waals surface area contributed by atoms with E-state index >= 15 is 0 Å². The predicted molar refractivity (Wildman–Crippen MR) is 29.3 cm³/mol. The van der Waals surface area contributed by atoms with Crippen molar-refractivity contribution >= 4 is 12.0 Å². The van der Waals surface area contributed by atoms with Crippen molar-refractivity contribution in [2.45, 2.75) is 6.92 Å². The van der Waals surface area contributed by atoms with E-state index in [2.05, 4.69) is 11.5 Å². The van der Waals surface area contributed by atoms with E-state index in [4.69, 9.17) is 33.3 Å². The van der Waals surface area contributed by atoms with Gasteiger partial charge in [0, 0.05) is 6.92 Å². The number of urea groups is 1. The van der Waals surface area contributed by atoms with Crippen LogP contribution in [0.25, 0.3) is 0 Å². The zero-order valence-electron chi connectivity index (χ0n) is 6.47. The summed E-state index contributed by atoms with van der Waals surface area (Å²) in [6, 6.07) is -0.833. The Morgan fingerprint density at radius 2 is 1.23 bits per heavy atom. The van der Waals surface area contributed by atoms with Crippen LogP contribution in [-0.4, -0.2) is 21.8 Å². The maximum absolute atomic E-state index is 9.00. The van der Waals surface area contributed by atoms with Gasteiger partial charge in [0.2, 0.25) is 0 Å². The summed E-state index contributed by atoms with van der Waals surface area (Å²) >= 11 is 0. The molecule has 0 bridgehead atoms. The van der Waals surface area contributed by atoms with Gasteiger partial charge in [0.05, 0.1) is 14.9 Å². The highest BCUT2D eigenvalue weighted by molar-refractivity contribution is 5.69. The molecule has 0 aliphatic heterocycles. The highest BCUT2D eigenvalue weighted by Crippen LogP contribution is 1.60. The molecule has 6 N–H and O–H groups in total. The van der Waals surface area contributed by atoms with Gasteiger partial charge >= 0.3 is 6.03 Å². The van der Waals surface area contributed by atoms with Crippen LogP contribution >= 0.6 is 0 Å². The molecule has 10 heteroatoms. The molecule has 9 nitrogen and oxygen atoms in total. The lowest BCUT2D eigenvalue weighted by Crippen LogP contribution is -2.58. The van der Waals surface area contributed by atoms with E-state index in [1.165, 1.54) is 0 Å². The average Bonchev–Trinajstić information content (AvgIpc) is 1.50. The third-order valence-electron chi connectivity index (χ3n) is 0. The molecule has 0 aromatic heterocycles. The van der Waals surface area contributed by atoms with Gasteiger partial charge < -0.3 is 16.6 Å². The number of aliphatic carboxylic acids is 1. The SMILES string of the molecule is CC(=O)O.NC(N)=O.[O-][Cl+3]([O-])([O-])O. The highest BCUT2D eigenvalue weighted by Gasteiger charge is 1.98. The van der Waals surface area contributed by atoms with Gasteiger partial charge in [0.15, 0.2) is 0 Å². The molecule has 0 spiro atoms. The minimum Gasteiger partial charge on any atom is -0.481 e. The quantitative estimate of drug-likeness (QED) is 0.313. The van der Waals surface area contributed by atoms with Crippen molar-refractivity contribution in [3.63, 3.8) is 0 Å². The second-order valence-corrected chi connectivity index (χ2v) is 2.11. The molecule has 2 amide bonds. The van der Waals surface area contributed by atoms with Crippen molar-refractivity contribution in [2.24, 2.45) is 11.5 Å². The summed E-state index contributed by atoms with van der Waals surface area (Å²) in [6.07, 6.45) is 0. The Labute approximate surface area is 74.9 Å². The second kappa shape index (κ2) is 8.96. The third-order valence-corrected chi connectivity index (χ3v) is 0. The fraction of sp³-hybridized carbons (Fsp3) is 0.333. The van der Waals surface area contributed by atoms with Crippen LogP contribution in [0.15, 0.2) is 0 Å². The second-order valence-electron chi connectivity index (χ2n) is 1.32. The Bertz CT molecular complexity index is 128. The van der Waals surface area contributed by atoms with Gasteiger partial charge in [-0.1, -0.05) is 0 Å². The van der Waals surface area contributed by atoms with Crippen LogP contribution in [0.4, 0.5) is 4.79 Å². The lowest BCUT2D eigenvalue weighted by Gasteiger charge is -2.03. The van der Waals surface area contributed by atoms with E-state index in [9.17, 15) is 0 Å². The number of halogens is 1. The van der Waals surface area contributed by atoms with E-state index in [-0.39, 0.29) is 0 Å². The number of primary amides is 2. The Kier molecular flexibility index (Phi) is 12.3. The van der Waals surface area contributed by atoms with Crippen LogP contribution in [0.1, 0.15) is 6.92 Å². The molecule has 0 aromatic rings. The summed E-state index contributed by atoms with van der Waals surface area (Å²) in [4.78, 5) is 18.0. The van der Waals surface area contributed by atoms with E-state index in [1.54, 1.807) is 0 Å². The van der Waals surface area contributed by atoms with Crippen molar-refractivity contribution in [1.29, 1.82) is 0 Å². The van der Waals surface area contributed by atoms with Crippen molar-refractivity contribution < 1.29 is 43.6 Å². The molecule has 0 aromatic carbocycles. The monoisotopic (exact) mass is 220 g/mol. The van der Waals surface area contributed by atoms with Gasteiger partial charge in [-0.3, -0.25) is 4.79 Å². The Morgan fingerprint density at radius 3 is 1.23 bits per heavy atom. The Hall–Kier alpha value is -1.13. The zero-order chi connectivity index (χ0) is 11.7. The van der Waals surface area contributed by atoms with Crippen molar-refractivity contribution in [3.05, 3.63) is 0 Å². The van der Waals surface area contributed by atoms with E-state index in [0.29, 0.717) is 0 Å². The lowest BCUT2D eigenvalue weighted by atomic mass is 10.9. The number of carboxylic acids is 1. The maximum atomic E-state index is 9.00. The number of amides is 2. The first kappa shape index (κ1) is 17.8. The lowest BCUT2D eigenvalue weighted by molar-refractivity contribution is -1.92. The molecule has 0 atom stereocenters. The summed E-state index contributed by atoms with van der Waals surface area (Å²) in [5.41, 5.74) is 8.50. The first-order valence-corrected chi connectivity index (χ1v) is 3.61. The standard InChI is InChI=1S/C2H4O2.CH4N2O.ClHO4/c1-2(3)4;2-1(3)4;2-1(3,4)5/h1H3,(H,3,4);(H4,2,3,4);(H,2,3,4,5). The zero-order valence-corrected chi connectivity index (χ0v) is 7.22. The van der Waals surface area contributed by atoms with E-state index in [1.807, 2.05) is 0 Å². The molecule has 0 unspecified atom stereocenters. The molecule has 0 radical (unpaired) electrons. The number of nitrogens with two attached hydrogens (primary N) is 2. The van der Waals surface area contributed by atoms with Crippen LogP contribution < -0.4 is 25.4 Å². The summed E-state index contributed by atoms with van der Waals surface area (Å²) in [7, 11) is -4.69. The topological polar surface area (TPSA) is 196 Å². The molecule has 0 aliphatic carbocycles. The molecule has 13 heavy (non-hydrogen) atoms. The number of rotatable bonds is 0. The third kappa shape index (κ3) is 670. The predicted octanol–water partition coefficient (Wildman–Crippen LogP) is -5.01. The normalized spacial score (nSPS) is 8.38. The number of hydrogen-bond acceptors (Lipinski definition) is 6. The van der Waals surface area contributed by atoms with E-state index < -0.39 is 22.2 Å². The molecule has 0 saturated carbocycles. The summed E-state index contributed by atoms with van der Waals surface area (Å²) < 4.78 is 32.7. The largest absolute Gasteiger partial charge is 0.481 e. The molecule has 0 saturated heterocycles. The molecular formula is C3H9ClN2O7. The smallest absolute Gasteiger partial charge is 0.309 e. The van der Waals surface area contributed by atoms with Crippen LogP contribution in [0.5, 0.6) is 0 Å². The molecule has 0 rings (SSSR count). The van der Waals surface area contributed by atoms with Crippen molar-refractivity contribution in [1.82, 2.24) is 0 Å². The molecule has 0 heterocycles. The fourth-order valence-electron chi connectivity index (χ4n) is 0. The fourth-order valence-corrected chi connectivity index (χ4v) is 0. The molecule has 0 fully saturated rings. The summed E-state index contributed by atoms with van der Waals surface area (Å²) in [6.45, 7) is 1.08. The van der Waals surface area contributed by atoms with Gasteiger partial charge in [-0.2, -0.15) is 14.0 Å². The molecular weight excluding hydrogens is 211 g/mol. The highest BCUT2D eigenvalue weighted by atomic mass is 35.7. The molecule has 80 valence electrons. The Balaban J connectivity index is -0.000000117. The van der Waals surface area contributed by atoms with Crippen LogP contribution in [0.3, 0.4) is 0 Å². The number of carbonyl (C=O) groups is 2. The number of hydrogen-bond donors (Lipinski definition) is 4.